The Hall–Kier alpha value is -3.40. The van der Waals surface area contributed by atoms with Crippen LogP contribution in [0.2, 0.25) is 0 Å². The Balaban J connectivity index is 1.57. The molecule has 0 saturated carbocycles. The third-order valence-electron chi connectivity index (χ3n) is 8.19. The van der Waals surface area contributed by atoms with E-state index in [9.17, 15) is 0 Å². The monoisotopic (exact) mass is 419 g/mol. The molecule has 0 amide bonds. The van der Waals surface area contributed by atoms with Crippen molar-refractivity contribution in [3.8, 4) is 0 Å². The van der Waals surface area contributed by atoms with Gasteiger partial charge in [-0.05, 0) is 28.8 Å². The lowest BCUT2D eigenvalue weighted by atomic mass is 9.50. The van der Waals surface area contributed by atoms with E-state index in [1.54, 1.807) is 0 Å². The first-order valence-electron chi connectivity index (χ1n) is 11.7. The van der Waals surface area contributed by atoms with Crippen LogP contribution in [0.3, 0.4) is 0 Å². The van der Waals surface area contributed by atoms with E-state index >= 15 is 0 Å². The summed E-state index contributed by atoms with van der Waals surface area (Å²) in [5.41, 5.74) is 6.36. The number of hydrogen-bond donors (Lipinski definition) is 1. The first-order valence-corrected chi connectivity index (χ1v) is 11.7. The summed E-state index contributed by atoms with van der Waals surface area (Å²) in [6, 6.07) is 28.8. The SMILES string of the molecule is C[N+]1=C2NCC[C@]34C(=Nc5ccccc53)N(Cc3ccccc3)c3ccccc3[C@@]24CC1. The first kappa shape index (κ1) is 18.2. The highest BCUT2D eigenvalue weighted by molar-refractivity contribution is 6.19. The Labute approximate surface area is 188 Å². The van der Waals surface area contributed by atoms with Crippen molar-refractivity contribution in [2.45, 2.75) is 30.2 Å². The fourth-order valence-electron chi connectivity index (χ4n) is 7.00. The van der Waals surface area contributed by atoms with Gasteiger partial charge in [0.1, 0.15) is 11.3 Å². The first-order chi connectivity index (χ1) is 15.8. The predicted octanol–water partition coefficient (Wildman–Crippen LogP) is 4.36. The molecule has 0 unspecified atom stereocenters. The van der Waals surface area contributed by atoms with Crippen LogP contribution in [0.5, 0.6) is 0 Å². The molecule has 0 aliphatic carbocycles. The molecule has 0 aromatic heterocycles. The summed E-state index contributed by atoms with van der Waals surface area (Å²) in [7, 11) is 2.24. The lowest BCUT2D eigenvalue weighted by Crippen LogP contribution is -2.70. The van der Waals surface area contributed by atoms with E-state index in [-0.39, 0.29) is 10.8 Å². The molecule has 4 heterocycles. The van der Waals surface area contributed by atoms with Crippen molar-refractivity contribution in [1.29, 1.82) is 0 Å². The van der Waals surface area contributed by atoms with Crippen molar-refractivity contribution in [2.24, 2.45) is 4.99 Å². The second-order valence-electron chi connectivity index (χ2n) is 9.55. The van der Waals surface area contributed by atoms with E-state index in [0.717, 1.165) is 38.2 Å². The van der Waals surface area contributed by atoms with Gasteiger partial charge < -0.3 is 4.90 Å². The number of hydrogen-bond acceptors (Lipinski definition) is 3. The minimum Gasteiger partial charge on any atom is -0.324 e. The van der Waals surface area contributed by atoms with Gasteiger partial charge in [-0.3, -0.25) is 9.89 Å². The highest BCUT2D eigenvalue weighted by Gasteiger charge is 2.71. The standard InChI is InChI=1S/C28H26N4/c1-31-18-16-28-22-12-6-8-14-24(22)32(19-20-9-3-2-4-10-20)26-27(28,15-17-29-25(28)31)21-11-5-7-13-23(21)30-26/h2-14H,15-19H2,1H3/p+1/t27-,28+/m1/s1. The van der Waals surface area contributed by atoms with E-state index in [2.05, 4.69) is 101 Å². The molecular formula is C28H27N4+. The quantitative estimate of drug-likeness (QED) is 0.626. The largest absolute Gasteiger partial charge is 0.324 e. The summed E-state index contributed by atoms with van der Waals surface area (Å²) in [4.78, 5) is 7.90. The van der Waals surface area contributed by atoms with Gasteiger partial charge in [0.15, 0.2) is 0 Å². The lowest BCUT2D eigenvalue weighted by Gasteiger charge is -2.55. The van der Waals surface area contributed by atoms with Gasteiger partial charge in [0.05, 0.1) is 31.2 Å². The Morgan fingerprint density at radius 1 is 0.875 bits per heavy atom. The molecule has 0 radical (unpaired) electrons. The van der Waals surface area contributed by atoms with Gasteiger partial charge in [0.2, 0.25) is 0 Å². The van der Waals surface area contributed by atoms with Gasteiger partial charge in [0.25, 0.3) is 5.84 Å². The highest BCUT2D eigenvalue weighted by atomic mass is 15.3. The fourth-order valence-corrected chi connectivity index (χ4v) is 7.00. The van der Waals surface area contributed by atoms with Crippen LogP contribution in [0, 0.1) is 0 Å². The number of anilines is 1. The molecule has 4 heteroatoms. The van der Waals surface area contributed by atoms with Gasteiger partial charge in [0, 0.05) is 25.1 Å². The number of aliphatic imine (C=N–C) groups is 1. The number of piperidine rings is 1. The summed E-state index contributed by atoms with van der Waals surface area (Å²) >= 11 is 0. The van der Waals surface area contributed by atoms with Crippen LogP contribution in [0.1, 0.15) is 29.5 Å². The molecule has 1 N–H and O–H groups in total. The average molecular weight is 420 g/mol. The minimum atomic E-state index is -0.141. The zero-order chi connectivity index (χ0) is 21.3. The highest BCUT2D eigenvalue weighted by Crippen LogP contribution is 2.63. The molecule has 2 spiro atoms. The maximum Gasteiger partial charge on any atom is 0.256 e. The van der Waals surface area contributed by atoms with Crippen LogP contribution in [0.25, 0.3) is 0 Å². The van der Waals surface area contributed by atoms with Crippen molar-refractivity contribution in [3.63, 3.8) is 0 Å². The molecule has 2 atom stereocenters. The Bertz CT molecular complexity index is 1310. The molecule has 1 saturated heterocycles. The average Bonchev–Trinajstić information content (AvgIpc) is 3.36. The zero-order valence-electron chi connectivity index (χ0n) is 18.4. The summed E-state index contributed by atoms with van der Waals surface area (Å²) in [5.74, 6) is 2.61. The van der Waals surface area contributed by atoms with E-state index < -0.39 is 0 Å². The molecule has 158 valence electrons. The molecular weight excluding hydrogens is 392 g/mol. The second kappa shape index (κ2) is 6.32. The summed E-state index contributed by atoms with van der Waals surface area (Å²) < 4.78 is 2.45. The molecule has 4 aliphatic rings. The summed E-state index contributed by atoms with van der Waals surface area (Å²) in [6.45, 7) is 2.86. The number of nitrogens with zero attached hydrogens (tertiary/aromatic N) is 3. The number of nitrogens with one attached hydrogen (secondary N) is 1. The van der Waals surface area contributed by atoms with Crippen LogP contribution >= 0.6 is 0 Å². The van der Waals surface area contributed by atoms with E-state index in [4.69, 9.17) is 4.99 Å². The molecule has 1 fully saturated rings. The topological polar surface area (TPSA) is 30.6 Å². The van der Waals surface area contributed by atoms with Crippen molar-refractivity contribution < 1.29 is 4.58 Å². The van der Waals surface area contributed by atoms with Gasteiger partial charge in [-0.15, -0.1) is 0 Å². The second-order valence-corrected chi connectivity index (χ2v) is 9.55. The Morgan fingerprint density at radius 3 is 2.50 bits per heavy atom. The van der Waals surface area contributed by atoms with Gasteiger partial charge in [-0.25, -0.2) is 4.99 Å². The van der Waals surface area contributed by atoms with E-state index in [1.807, 2.05) is 0 Å². The number of rotatable bonds is 2. The van der Waals surface area contributed by atoms with Crippen molar-refractivity contribution >= 4 is 23.0 Å². The maximum atomic E-state index is 5.39. The summed E-state index contributed by atoms with van der Waals surface area (Å²) in [5, 5.41) is 3.83. The number of benzene rings is 3. The van der Waals surface area contributed by atoms with Gasteiger partial charge in [-0.1, -0.05) is 66.7 Å². The molecule has 4 nitrogen and oxygen atoms in total. The maximum absolute atomic E-state index is 5.39. The van der Waals surface area contributed by atoms with Crippen molar-refractivity contribution in [3.05, 3.63) is 95.6 Å². The Kier molecular flexibility index (Phi) is 3.59. The fraction of sp³-hybridized carbons (Fsp3) is 0.286. The van der Waals surface area contributed by atoms with E-state index in [1.165, 1.54) is 34.0 Å². The minimum absolute atomic E-state index is 0.102. The van der Waals surface area contributed by atoms with Crippen LogP contribution in [-0.4, -0.2) is 36.4 Å². The van der Waals surface area contributed by atoms with E-state index in [0.29, 0.717) is 0 Å². The third kappa shape index (κ3) is 2.03. The third-order valence-corrected chi connectivity index (χ3v) is 8.19. The van der Waals surface area contributed by atoms with Crippen LogP contribution in [0.4, 0.5) is 11.4 Å². The molecule has 3 aromatic rings. The van der Waals surface area contributed by atoms with Gasteiger partial charge >= 0.3 is 0 Å². The smallest absolute Gasteiger partial charge is 0.256 e. The molecule has 4 aliphatic heterocycles. The number of para-hydroxylation sites is 2. The lowest BCUT2D eigenvalue weighted by molar-refractivity contribution is -0.490. The molecule has 0 bridgehead atoms. The molecule has 7 rings (SSSR count). The van der Waals surface area contributed by atoms with Crippen molar-refractivity contribution in [1.82, 2.24) is 5.32 Å². The molecule has 3 aromatic carbocycles. The Morgan fingerprint density at radius 2 is 1.62 bits per heavy atom. The number of amidine groups is 2. The van der Waals surface area contributed by atoms with Crippen molar-refractivity contribution in [2.75, 3.05) is 25.0 Å². The number of fused-ring (bicyclic) bond motifs is 2. The van der Waals surface area contributed by atoms with Crippen LogP contribution in [-0.2, 0) is 17.4 Å². The molecule has 32 heavy (non-hydrogen) atoms. The van der Waals surface area contributed by atoms with Gasteiger partial charge in [-0.2, -0.15) is 0 Å². The summed E-state index contributed by atoms with van der Waals surface area (Å²) in [6.07, 6.45) is 2.16. The van der Waals surface area contributed by atoms with Crippen LogP contribution < -0.4 is 10.2 Å². The normalized spacial score (nSPS) is 27.0. The zero-order valence-corrected chi connectivity index (χ0v) is 18.4. The van der Waals surface area contributed by atoms with Crippen LogP contribution in [0.15, 0.2) is 83.9 Å². The predicted molar refractivity (Wildman–Crippen MR) is 129 cm³/mol.